The lowest BCUT2D eigenvalue weighted by atomic mass is 10.0. The lowest BCUT2D eigenvalue weighted by Crippen LogP contribution is -2.30. The number of halogens is 1. The van der Waals surface area contributed by atoms with Crippen LogP contribution in [0.2, 0.25) is 0 Å². The van der Waals surface area contributed by atoms with Crippen molar-refractivity contribution in [3.8, 4) is 0 Å². The van der Waals surface area contributed by atoms with Crippen LogP contribution in [0.1, 0.15) is 43.1 Å². The minimum atomic E-state index is -0.00641. The zero-order valence-electron chi connectivity index (χ0n) is 9.48. The van der Waals surface area contributed by atoms with Gasteiger partial charge in [0, 0.05) is 17.2 Å². The van der Waals surface area contributed by atoms with Crippen LogP contribution in [0, 0.1) is 5.41 Å². The zero-order chi connectivity index (χ0) is 11.6. The molecule has 2 rings (SSSR count). The highest BCUT2D eigenvalue weighted by molar-refractivity contribution is 9.10. The number of hydrogen-bond acceptors (Lipinski definition) is 1. The Morgan fingerprint density at radius 2 is 2.38 bits per heavy atom. The van der Waals surface area contributed by atoms with Crippen molar-refractivity contribution in [1.29, 1.82) is 0 Å². The largest absolute Gasteiger partial charge is 0.356 e. The van der Waals surface area contributed by atoms with Gasteiger partial charge in [-0.05, 0) is 46.7 Å². The van der Waals surface area contributed by atoms with E-state index in [2.05, 4.69) is 33.2 Å². The van der Waals surface area contributed by atoms with Crippen molar-refractivity contribution in [2.45, 2.75) is 32.6 Å². The van der Waals surface area contributed by atoms with Gasteiger partial charge in [-0.25, -0.2) is 0 Å². The van der Waals surface area contributed by atoms with E-state index in [1.165, 1.54) is 25.7 Å². The van der Waals surface area contributed by atoms with Crippen LogP contribution in [-0.2, 0) is 0 Å². The van der Waals surface area contributed by atoms with Crippen LogP contribution in [0.5, 0.6) is 0 Å². The molecule has 1 aromatic heterocycles. The summed E-state index contributed by atoms with van der Waals surface area (Å²) in [5, 5.41) is 3.01. The van der Waals surface area contributed by atoms with Gasteiger partial charge in [0.1, 0.15) is 5.69 Å². The number of amides is 1. The van der Waals surface area contributed by atoms with Crippen LogP contribution in [-0.4, -0.2) is 17.4 Å². The van der Waals surface area contributed by atoms with E-state index >= 15 is 0 Å². The molecular weight excluding hydrogens is 268 g/mol. The van der Waals surface area contributed by atoms with Crippen LogP contribution in [0.15, 0.2) is 16.7 Å². The molecule has 0 aliphatic heterocycles. The van der Waals surface area contributed by atoms with Gasteiger partial charge in [0.05, 0.1) is 0 Å². The fourth-order valence-electron chi connectivity index (χ4n) is 2.08. The second kappa shape index (κ2) is 4.62. The molecule has 0 bridgehead atoms. The van der Waals surface area contributed by atoms with Gasteiger partial charge in [0.2, 0.25) is 0 Å². The lowest BCUT2D eigenvalue weighted by molar-refractivity contribution is 0.0939. The standard InChI is InChI=1S/C12H17BrN2O/c1-2-3-12(4-5-12)8-15-11(16)10-6-9(13)7-14-10/h6-7,14H,2-5,8H2,1H3,(H,15,16). The fourth-order valence-corrected chi connectivity index (χ4v) is 2.43. The first-order valence-corrected chi connectivity index (χ1v) is 6.57. The van der Waals surface area contributed by atoms with Gasteiger partial charge < -0.3 is 10.3 Å². The Bertz CT molecular complexity index is 382. The molecule has 88 valence electrons. The molecule has 1 saturated carbocycles. The van der Waals surface area contributed by atoms with Gasteiger partial charge >= 0.3 is 0 Å². The van der Waals surface area contributed by atoms with Gasteiger partial charge in [0.25, 0.3) is 5.91 Å². The molecule has 3 nitrogen and oxygen atoms in total. The smallest absolute Gasteiger partial charge is 0.267 e. The molecule has 1 aromatic rings. The van der Waals surface area contributed by atoms with Crippen molar-refractivity contribution < 1.29 is 4.79 Å². The third-order valence-corrected chi connectivity index (χ3v) is 3.71. The first-order valence-electron chi connectivity index (χ1n) is 5.77. The number of hydrogen-bond donors (Lipinski definition) is 2. The third-order valence-electron chi connectivity index (χ3n) is 3.25. The average molecular weight is 285 g/mol. The summed E-state index contributed by atoms with van der Waals surface area (Å²) in [5.41, 5.74) is 1.04. The maximum absolute atomic E-state index is 11.8. The number of aromatic amines is 1. The topological polar surface area (TPSA) is 44.9 Å². The normalized spacial score (nSPS) is 17.1. The highest BCUT2D eigenvalue weighted by atomic mass is 79.9. The molecule has 1 aliphatic rings. The molecule has 0 spiro atoms. The van der Waals surface area contributed by atoms with E-state index < -0.39 is 0 Å². The van der Waals surface area contributed by atoms with Gasteiger partial charge in [-0.2, -0.15) is 0 Å². The SMILES string of the molecule is CCCC1(CNC(=O)c2cc(Br)c[nH]2)CC1. The Morgan fingerprint density at radius 3 is 2.88 bits per heavy atom. The molecule has 0 unspecified atom stereocenters. The molecule has 1 heterocycles. The van der Waals surface area contributed by atoms with E-state index in [-0.39, 0.29) is 5.91 Å². The number of carbonyl (C=O) groups excluding carboxylic acids is 1. The first kappa shape index (κ1) is 11.7. The molecule has 4 heteroatoms. The summed E-state index contributed by atoms with van der Waals surface area (Å²) < 4.78 is 0.910. The fraction of sp³-hybridized carbons (Fsp3) is 0.583. The number of rotatable bonds is 5. The van der Waals surface area contributed by atoms with Crippen LogP contribution < -0.4 is 5.32 Å². The second-order valence-electron chi connectivity index (χ2n) is 4.66. The summed E-state index contributed by atoms with van der Waals surface area (Å²) in [6.45, 7) is 3.01. The molecule has 0 aromatic carbocycles. The molecule has 1 aliphatic carbocycles. The lowest BCUT2D eigenvalue weighted by Gasteiger charge is -2.14. The van der Waals surface area contributed by atoms with Crippen molar-refractivity contribution in [3.63, 3.8) is 0 Å². The average Bonchev–Trinajstić information content (AvgIpc) is 2.89. The molecule has 1 amide bonds. The molecule has 0 saturated heterocycles. The third kappa shape index (κ3) is 2.67. The number of aromatic nitrogens is 1. The summed E-state index contributed by atoms with van der Waals surface area (Å²) >= 11 is 3.32. The highest BCUT2D eigenvalue weighted by Crippen LogP contribution is 2.48. The van der Waals surface area contributed by atoms with E-state index in [1.54, 1.807) is 12.3 Å². The second-order valence-corrected chi connectivity index (χ2v) is 5.58. The molecule has 1 fully saturated rings. The van der Waals surface area contributed by atoms with E-state index in [4.69, 9.17) is 0 Å². The van der Waals surface area contributed by atoms with Gasteiger partial charge in [-0.15, -0.1) is 0 Å². The minimum absolute atomic E-state index is 0.00641. The van der Waals surface area contributed by atoms with Crippen molar-refractivity contribution in [1.82, 2.24) is 10.3 Å². The van der Waals surface area contributed by atoms with Gasteiger partial charge in [-0.3, -0.25) is 4.79 Å². The van der Waals surface area contributed by atoms with Crippen molar-refractivity contribution >= 4 is 21.8 Å². The van der Waals surface area contributed by atoms with E-state index in [0.717, 1.165) is 11.0 Å². The molecular formula is C12H17BrN2O. The van der Waals surface area contributed by atoms with Crippen LogP contribution >= 0.6 is 15.9 Å². The van der Waals surface area contributed by atoms with E-state index in [0.29, 0.717) is 11.1 Å². The molecule has 16 heavy (non-hydrogen) atoms. The monoisotopic (exact) mass is 284 g/mol. The Balaban J connectivity index is 1.84. The maximum Gasteiger partial charge on any atom is 0.267 e. The molecule has 0 atom stereocenters. The highest BCUT2D eigenvalue weighted by Gasteiger charge is 2.41. The zero-order valence-corrected chi connectivity index (χ0v) is 11.1. The molecule has 0 radical (unpaired) electrons. The molecule has 2 N–H and O–H groups in total. The predicted molar refractivity (Wildman–Crippen MR) is 67.4 cm³/mol. The van der Waals surface area contributed by atoms with Crippen LogP contribution in [0.4, 0.5) is 0 Å². The number of carbonyl (C=O) groups is 1. The Hall–Kier alpha value is -0.770. The van der Waals surface area contributed by atoms with Crippen molar-refractivity contribution in [2.24, 2.45) is 5.41 Å². The number of H-pyrrole nitrogens is 1. The van der Waals surface area contributed by atoms with E-state index in [1.807, 2.05) is 0 Å². The Labute approximate surface area is 104 Å². The summed E-state index contributed by atoms with van der Waals surface area (Å²) in [7, 11) is 0. The Kier molecular flexibility index (Phi) is 3.38. The summed E-state index contributed by atoms with van der Waals surface area (Å²) in [6, 6.07) is 1.80. The summed E-state index contributed by atoms with van der Waals surface area (Å²) in [5.74, 6) is -0.00641. The summed E-state index contributed by atoms with van der Waals surface area (Å²) in [6.07, 6.45) is 6.71. The van der Waals surface area contributed by atoms with Crippen molar-refractivity contribution in [2.75, 3.05) is 6.54 Å². The van der Waals surface area contributed by atoms with Crippen molar-refractivity contribution in [3.05, 3.63) is 22.4 Å². The van der Waals surface area contributed by atoms with Crippen LogP contribution in [0.25, 0.3) is 0 Å². The number of nitrogens with one attached hydrogen (secondary N) is 2. The first-order chi connectivity index (χ1) is 7.65. The summed E-state index contributed by atoms with van der Waals surface area (Å²) in [4.78, 5) is 14.7. The predicted octanol–water partition coefficient (Wildman–Crippen LogP) is 3.09. The van der Waals surface area contributed by atoms with E-state index in [9.17, 15) is 4.79 Å². The maximum atomic E-state index is 11.8. The minimum Gasteiger partial charge on any atom is -0.356 e. The Morgan fingerprint density at radius 1 is 1.62 bits per heavy atom. The quantitative estimate of drug-likeness (QED) is 0.858. The van der Waals surface area contributed by atoms with Crippen LogP contribution in [0.3, 0.4) is 0 Å². The van der Waals surface area contributed by atoms with Gasteiger partial charge in [-0.1, -0.05) is 13.3 Å². The van der Waals surface area contributed by atoms with Gasteiger partial charge in [0.15, 0.2) is 0 Å².